The van der Waals surface area contributed by atoms with Crippen LogP contribution in [0.4, 0.5) is 5.69 Å². The molecule has 1 N–H and O–H groups in total. The Kier molecular flexibility index (Phi) is 4.70. The van der Waals surface area contributed by atoms with Gasteiger partial charge in [-0.15, -0.1) is 0 Å². The average molecular weight is 250 g/mol. The van der Waals surface area contributed by atoms with Crippen LogP contribution in [0.1, 0.15) is 12.8 Å². The van der Waals surface area contributed by atoms with Crippen LogP contribution in [-0.4, -0.2) is 40.4 Å². The number of ether oxygens (including phenoxy) is 2. The van der Waals surface area contributed by atoms with Gasteiger partial charge in [0.15, 0.2) is 11.5 Å². The highest BCUT2D eigenvalue weighted by atomic mass is 16.5. The van der Waals surface area contributed by atoms with E-state index in [4.69, 9.17) is 9.47 Å². The summed E-state index contributed by atoms with van der Waals surface area (Å²) < 4.78 is 11.3. The Balaban J connectivity index is 2.02. The van der Waals surface area contributed by atoms with Crippen molar-refractivity contribution >= 4 is 5.69 Å². The topological polar surface area (TPSA) is 33.7 Å². The zero-order chi connectivity index (χ0) is 12.8. The second kappa shape index (κ2) is 6.50. The molecule has 4 nitrogen and oxygen atoms in total. The van der Waals surface area contributed by atoms with Gasteiger partial charge in [0.1, 0.15) is 0 Å². The lowest BCUT2D eigenvalue weighted by Gasteiger charge is -2.20. The van der Waals surface area contributed by atoms with E-state index < -0.39 is 0 Å². The molecule has 0 fully saturated rings. The van der Waals surface area contributed by atoms with E-state index in [0.29, 0.717) is 0 Å². The van der Waals surface area contributed by atoms with Gasteiger partial charge in [0.05, 0.1) is 13.2 Å². The molecule has 0 atom stereocenters. The normalized spacial score (nSPS) is 14.1. The second-order valence-electron chi connectivity index (χ2n) is 4.56. The first-order chi connectivity index (χ1) is 8.81. The van der Waals surface area contributed by atoms with Gasteiger partial charge in [-0.1, -0.05) is 0 Å². The van der Waals surface area contributed by atoms with Crippen LogP contribution < -0.4 is 19.7 Å². The van der Waals surface area contributed by atoms with Gasteiger partial charge in [-0.05, 0) is 32.1 Å². The van der Waals surface area contributed by atoms with Crippen LogP contribution in [-0.2, 0) is 0 Å². The minimum Gasteiger partial charge on any atom is -0.490 e. The molecule has 1 aliphatic heterocycles. The van der Waals surface area contributed by atoms with Crippen molar-refractivity contribution in [1.82, 2.24) is 5.32 Å². The SMILES string of the molecule is CNCCCN(C)c1ccc2c(c1)OCCCO2. The molecule has 0 aliphatic carbocycles. The summed E-state index contributed by atoms with van der Waals surface area (Å²) in [5.41, 5.74) is 1.18. The molecule has 0 saturated heterocycles. The van der Waals surface area contributed by atoms with Crippen LogP contribution in [0.5, 0.6) is 11.5 Å². The van der Waals surface area contributed by atoms with Gasteiger partial charge in [-0.25, -0.2) is 0 Å². The molecule has 2 rings (SSSR count). The predicted molar refractivity (Wildman–Crippen MR) is 73.9 cm³/mol. The summed E-state index contributed by atoms with van der Waals surface area (Å²) in [6, 6.07) is 6.16. The van der Waals surface area contributed by atoms with Gasteiger partial charge in [-0.2, -0.15) is 0 Å². The first-order valence-electron chi connectivity index (χ1n) is 6.56. The summed E-state index contributed by atoms with van der Waals surface area (Å²) in [7, 11) is 4.09. The van der Waals surface area contributed by atoms with Gasteiger partial charge in [-0.3, -0.25) is 0 Å². The molecule has 100 valence electrons. The maximum atomic E-state index is 5.70. The minimum atomic E-state index is 0.736. The number of hydrogen-bond donors (Lipinski definition) is 1. The van der Waals surface area contributed by atoms with Gasteiger partial charge in [0.25, 0.3) is 0 Å². The Morgan fingerprint density at radius 1 is 1.22 bits per heavy atom. The van der Waals surface area contributed by atoms with E-state index in [-0.39, 0.29) is 0 Å². The fourth-order valence-corrected chi connectivity index (χ4v) is 2.01. The molecule has 18 heavy (non-hydrogen) atoms. The van der Waals surface area contributed by atoms with Crippen LogP contribution in [0.2, 0.25) is 0 Å². The number of rotatable bonds is 5. The first-order valence-corrected chi connectivity index (χ1v) is 6.56. The molecule has 1 aromatic rings. The van der Waals surface area contributed by atoms with Crippen molar-refractivity contribution in [2.75, 3.05) is 45.3 Å². The molecule has 0 unspecified atom stereocenters. The molecule has 1 aliphatic rings. The molecule has 0 amide bonds. The third-order valence-corrected chi connectivity index (χ3v) is 3.09. The number of nitrogens with zero attached hydrogens (tertiary/aromatic N) is 1. The molecule has 1 heterocycles. The summed E-state index contributed by atoms with van der Waals surface area (Å²) in [5, 5.41) is 3.16. The van der Waals surface area contributed by atoms with Crippen molar-refractivity contribution < 1.29 is 9.47 Å². The molecule has 0 radical (unpaired) electrons. The molecule has 0 saturated carbocycles. The van der Waals surface area contributed by atoms with E-state index in [1.54, 1.807) is 0 Å². The van der Waals surface area contributed by atoms with Gasteiger partial charge in [0.2, 0.25) is 0 Å². The van der Waals surface area contributed by atoms with Crippen molar-refractivity contribution in [2.24, 2.45) is 0 Å². The van der Waals surface area contributed by atoms with E-state index in [9.17, 15) is 0 Å². The third kappa shape index (κ3) is 3.29. The standard InChI is InChI=1S/C14H22N2O2/c1-15-7-3-8-16(2)12-5-6-13-14(11-12)18-10-4-9-17-13/h5-6,11,15H,3-4,7-10H2,1-2H3. The minimum absolute atomic E-state index is 0.736. The van der Waals surface area contributed by atoms with Crippen LogP contribution in [0.15, 0.2) is 18.2 Å². The zero-order valence-corrected chi connectivity index (χ0v) is 11.2. The quantitative estimate of drug-likeness (QED) is 0.809. The Hall–Kier alpha value is -1.42. The van der Waals surface area contributed by atoms with Crippen LogP contribution >= 0.6 is 0 Å². The fourth-order valence-electron chi connectivity index (χ4n) is 2.01. The Morgan fingerprint density at radius 3 is 2.78 bits per heavy atom. The summed E-state index contributed by atoms with van der Waals surface area (Å²) >= 11 is 0. The van der Waals surface area contributed by atoms with Gasteiger partial charge < -0.3 is 19.7 Å². The maximum Gasteiger partial charge on any atom is 0.163 e. The highest BCUT2D eigenvalue weighted by molar-refractivity contribution is 5.56. The summed E-state index contributed by atoms with van der Waals surface area (Å²) in [5.74, 6) is 1.73. The highest BCUT2D eigenvalue weighted by Gasteiger charge is 2.11. The molecule has 4 heteroatoms. The smallest absolute Gasteiger partial charge is 0.163 e. The Labute approximate surface area is 109 Å². The van der Waals surface area contributed by atoms with E-state index in [1.807, 2.05) is 13.1 Å². The van der Waals surface area contributed by atoms with E-state index >= 15 is 0 Å². The van der Waals surface area contributed by atoms with Gasteiger partial charge in [0, 0.05) is 31.8 Å². The summed E-state index contributed by atoms with van der Waals surface area (Å²) in [4.78, 5) is 2.24. The predicted octanol–water partition coefficient (Wildman–Crippen LogP) is 1.89. The number of anilines is 1. The van der Waals surface area contributed by atoms with Crippen molar-refractivity contribution in [3.63, 3.8) is 0 Å². The number of nitrogens with one attached hydrogen (secondary N) is 1. The van der Waals surface area contributed by atoms with Crippen LogP contribution in [0.25, 0.3) is 0 Å². The summed E-state index contributed by atoms with van der Waals surface area (Å²) in [6.07, 6.45) is 2.07. The number of benzene rings is 1. The molecular weight excluding hydrogens is 228 g/mol. The number of fused-ring (bicyclic) bond motifs is 1. The van der Waals surface area contributed by atoms with Gasteiger partial charge >= 0.3 is 0 Å². The fraction of sp³-hybridized carbons (Fsp3) is 0.571. The van der Waals surface area contributed by atoms with E-state index in [0.717, 1.165) is 50.6 Å². The highest BCUT2D eigenvalue weighted by Crippen LogP contribution is 2.33. The van der Waals surface area contributed by atoms with Crippen LogP contribution in [0, 0.1) is 0 Å². The van der Waals surface area contributed by atoms with Crippen molar-refractivity contribution in [3.8, 4) is 11.5 Å². The van der Waals surface area contributed by atoms with Crippen molar-refractivity contribution in [1.29, 1.82) is 0 Å². The zero-order valence-electron chi connectivity index (χ0n) is 11.2. The monoisotopic (exact) mass is 250 g/mol. The Morgan fingerprint density at radius 2 is 2.00 bits per heavy atom. The lowest BCUT2D eigenvalue weighted by atomic mass is 10.2. The van der Waals surface area contributed by atoms with Crippen molar-refractivity contribution in [3.05, 3.63) is 18.2 Å². The summed E-state index contributed by atoms with van der Waals surface area (Å²) in [6.45, 7) is 3.54. The first kappa shape index (κ1) is 13.0. The molecular formula is C14H22N2O2. The molecule has 0 spiro atoms. The Bertz CT molecular complexity index is 382. The molecule has 0 aromatic heterocycles. The third-order valence-electron chi connectivity index (χ3n) is 3.09. The molecule has 1 aromatic carbocycles. The van der Waals surface area contributed by atoms with E-state index in [2.05, 4.69) is 29.4 Å². The number of hydrogen-bond acceptors (Lipinski definition) is 4. The lowest BCUT2D eigenvalue weighted by molar-refractivity contribution is 0.297. The lowest BCUT2D eigenvalue weighted by Crippen LogP contribution is -2.22. The average Bonchev–Trinajstić information content (AvgIpc) is 2.63. The van der Waals surface area contributed by atoms with Crippen LogP contribution in [0.3, 0.4) is 0 Å². The second-order valence-corrected chi connectivity index (χ2v) is 4.56. The van der Waals surface area contributed by atoms with Crippen molar-refractivity contribution in [2.45, 2.75) is 12.8 Å². The maximum absolute atomic E-state index is 5.70. The van der Waals surface area contributed by atoms with E-state index in [1.165, 1.54) is 5.69 Å². The largest absolute Gasteiger partial charge is 0.490 e. The molecule has 0 bridgehead atoms.